The second-order valence-corrected chi connectivity index (χ2v) is 5.52. The Balaban J connectivity index is 1.82. The number of hydrogen-bond donors (Lipinski definition) is 2. The van der Waals surface area contributed by atoms with Gasteiger partial charge in [-0.3, -0.25) is 15.5 Å². The predicted molar refractivity (Wildman–Crippen MR) is 77.2 cm³/mol. The molecule has 2 aromatic rings. The first kappa shape index (κ1) is 14.4. The fourth-order valence-corrected chi connectivity index (χ4v) is 2.66. The molecule has 1 unspecified atom stereocenters. The molecule has 0 spiro atoms. The molecule has 4 nitrogen and oxygen atoms in total. The van der Waals surface area contributed by atoms with Crippen molar-refractivity contribution in [2.75, 3.05) is 6.54 Å². The molecule has 0 radical (unpaired) electrons. The van der Waals surface area contributed by atoms with Crippen molar-refractivity contribution >= 4 is 11.6 Å². The lowest BCUT2D eigenvalue weighted by Crippen LogP contribution is -2.33. The Bertz CT molecular complexity index is 623. The van der Waals surface area contributed by atoms with Gasteiger partial charge in [0.15, 0.2) is 0 Å². The first-order valence-electron chi connectivity index (χ1n) is 6.71. The first-order valence-corrected chi connectivity index (χ1v) is 7.09. The summed E-state index contributed by atoms with van der Waals surface area (Å²) in [6, 6.07) is 4.74. The normalized spacial score (nSPS) is 18.6. The Hall–Kier alpha value is -1.50. The number of halogens is 3. The number of benzene rings is 1. The lowest BCUT2D eigenvalue weighted by atomic mass is 10.1. The molecule has 1 aromatic heterocycles. The molecule has 1 aromatic carbocycles. The SMILES string of the molecule is FC(F)c1cc(Cl)cc(-c2cnn(CC3CCNN3)c2)c1. The molecule has 21 heavy (non-hydrogen) atoms. The summed E-state index contributed by atoms with van der Waals surface area (Å²) in [4.78, 5) is 0. The van der Waals surface area contributed by atoms with E-state index in [1.54, 1.807) is 12.3 Å². The van der Waals surface area contributed by atoms with Gasteiger partial charge in [0.1, 0.15) is 0 Å². The molecule has 0 aliphatic carbocycles. The van der Waals surface area contributed by atoms with Gasteiger partial charge in [-0.05, 0) is 30.2 Å². The van der Waals surface area contributed by atoms with Gasteiger partial charge in [-0.1, -0.05) is 11.6 Å². The van der Waals surface area contributed by atoms with Gasteiger partial charge in [0.2, 0.25) is 0 Å². The Morgan fingerprint density at radius 2 is 2.19 bits per heavy atom. The maximum atomic E-state index is 12.8. The number of hydrazine groups is 1. The van der Waals surface area contributed by atoms with Crippen molar-refractivity contribution in [2.45, 2.75) is 25.4 Å². The lowest BCUT2D eigenvalue weighted by Gasteiger charge is -2.08. The van der Waals surface area contributed by atoms with Crippen molar-refractivity contribution in [1.82, 2.24) is 20.6 Å². The summed E-state index contributed by atoms with van der Waals surface area (Å²) in [5.41, 5.74) is 7.58. The van der Waals surface area contributed by atoms with E-state index in [9.17, 15) is 8.78 Å². The van der Waals surface area contributed by atoms with E-state index in [1.165, 1.54) is 12.1 Å². The Morgan fingerprint density at radius 3 is 2.90 bits per heavy atom. The van der Waals surface area contributed by atoms with E-state index in [4.69, 9.17) is 11.6 Å². The highest BCUT2D eigenvalue weighted by Gasteiger charge is 2.15. The summed E-state index contributed by atoms with van der Waals surface area (Å²) in [7, 11) is 0. The van der Waals surface area contributed by atoms with Crippen LogP contribution in [-0.2, 0) is 6.54 Å². The van der Waals surface area contributed by atoms with Gasteiger partial charge in [-0.2, -0.15) is 5.10 Å². The third-order valence-corrected chi connectivity index (χ3v) is 3.69. The fourth-order valence-electron chi connectivity index (χ4n) is 2.42. The molecule has 0 amide bonds. The van der Waals surface area contributed by atoms with E-state index in [1.807, 2.05) is 10.9 Å². The Labute approximate surface area is 126 Å². The van der Waals surface area contributed by atoms with Gasteiger partial charge in [0.25, 0.3) is 6.43 Å². The van der Waals surface area contributed by atoms with E-state index >= 15 is 0 Å². The van der Waals surface area contributed by atoms with Crippen LogP contribution in [0.1, 0.15) is 18.4 Å². The quantitative estimate of drug-likeness (QED) is 0.912. The maximum absolute atomic E-state index is 12.8. The lowest BCUT2D eigenvalue weighted by molar-refractivity contribution is 0.151. The van der Waals surface area contributed by atoms with E-state index in [2.05, 4.69) is 16.0 Å². The van der Waals surface area contributed by atoms with Gasteiger partial charge < -0.3 is 0 Å². The number of alkyl halides is 2. The van der Waals surface area contributed by atoms with Gasteiger partial charge >= 0.3 is 0 Å². The van der Waals surface area contributed by atoms with Crippen LogP contribution in [0.2, 0.25) is 5.02 Å². The van der Waals surface area contributed by atoms with Crippen LogP contribution in [0.5, 0.6) is 0 Å². The number of rotatable bonds is 4. The predicted octanol–water partition coefficient (Wildman–Crippen LogP) is 3.01. The molecule has 1 aliphatic rings. The average Bonchev–Trinajstić information content (AvgIpc) is 3.10. The second kappa shape index (κ2) is 6.09. The molecule has 2 heterocycles. The zero-order valence-electron chi connectivity index (χ0n) is 11.2. The highest BCUT2D eigenvalue weighted by Crippen LogP contribution is 2.29. The standard InChI is InChI=1S/C14H15ClF2N4/c15-12-4-9(3-10(5-12)14(16)17)11-6-19-21(7-11)8-13-1-2-18-20-13/h3-7,13-14,18,20H,1-2,8H2. The van der Waals surface area contributed by atoms with Crippen LogP contribution in [0.25, 0.3) is 11.1 Å². The summed E-state index contributed by atoms with van der Waals surface area (Å²) in [5.74, 6) is 0. The molecule has 1 atom stereocenters. The maximum Gasteiger partial charge on any atom is 0.263 e. The van der Waals surface area contributed by atoms with Gasteiger partial charge in [0.05, 0.1) is 12.7 Å². The minimum atomic E-state index is -2.54. The van der Waals surface area contributed by atoms with Crippen molar-refractivity contribution < 1.29 is 8.78 Å². The zero-order chi connectivity index (χ0) is 14.8. The van der Waals surface area contributed by atoms with Crippen LogP contribution in [0.3, 0.4) is 0 Å². The number of nitrogens with one attached hydrogen (secondary N) is 2. The molecule has 1 aliphatic heterocycles. The van der Waals surface area contributed by atoms with E-state index in [0.717, 1.165) is 25.1 Å². The highest BCUT2D eigenvalue weighted by molar-refractivity contribution is 6.31. The molecule has 2 N–H and O–H groups in total. The van der Waals surface area contributed by atoms with Crippen molar-refractivity contribution in [3.8, 4) is 11.1 Å². The van der Waals surface area contributed by atoms with Crippen molar-refractivity contribution in [1.29, 1.82) is 0 Å². The summed E-state index contributed by atoms with van der Waals surface area (Å²) < 4.78 is 27.5. The van der Waals surface area contributed by atoms with Crippen LogP contribution in [0.4, 0.5) is 8.78 Å². The molecule has 112 valence electrons. The van der Waals surface area contributed by atoms with Gasteiger partial charge in [-0.15, -0.1) is 0 Å². The molecule has 1 fully saturated rings. The second-order valence-electron chi connectivity index (χ2n) is 5.08. The van der Waals surface area contributed by atoms with Gasteiger partial charge in [0, 0.05) is 34.9 Å². The highest BCUT2D eigenvalue weighted by atomic mass is 35.5. The fraction of sp³-hybridized carbons (Fsp3) is 0.357. The number of hydrogen-bond acceptors (Lipinski definition) is 3. The van der Waals surface area contributed by atoms with Crippen LogP contribution in [0, 0.1) is 0 Å². The Morgan fingerprint density at radius 1 is 1.33 bits per heavy atom. The molecule has 0 saturated carbocycles. The summed E-state index contributed by atoms with van der Waals surface area (Å²) in [6.07, 6.45) is 2.01. The Kier molecular flexibility index (Phi) is 4.19. The minimum Gasteiger partial charge on any atom is -0.270 e. The zero-order valence-corrected chi connectivity index (χ0v) is 11.9. The third-order valence-electron chi connectivity index (χ3n) is 3.47. The summed E-state index contributed by atoms with van der Waals surface area (Å²) in [6.45, 7) is 1.67. The summed E-state index contributed by atoms with van der Waals surface area (Å²) >= 11 is 5.91. The third kappa shape index (κ3) is 3.40. The monoisotopic (exact) mass is 312 g/mol. The first-order chi connectivity index (χ1) is 10.1. The van der Waals surface area contributed by atoms with Crippen molar-refractivity contribution in [3.05, 3.63) is 41.2 Å². The van der Waals surface area contributed by atoms with E-state index < -0.39 is 6.43 Å². The molecule has 7 heteroatoms. The molecule has 1 saturated heterocycles. The summed E-state index contributed by atoms with van der Waals surface area (Å²) in [5, 5.41) is 4.58. The van der Waals surface area contributed by atoms with Crippen LogP contribution in [-0.4, -0.2) is 22.4 Å². The van der Waals surface area contributed by atoms with Gasteiger partial charge in [-0.25, -0.2) is 8.78 Å². The largest absolute Gasteiger partial charge is 0.270 e. The molecular weight excluding hydrogens is 298 g/mol. The number of nitrogens with zero attached hydrogens (tertiary/aromatic N) is 2. The topological polar surface area (TPSA) is 41.9 Å². The minimum absolute atomic E-state index is 0.0769. The molecule has 3 rings (SSSR count). The number of aromatic nitrogens is 2. The smallest absolute Gasteiger partial charge is 0.263 e. The van der Waals surface area contributed by atoms with Crippen LogP contribution < -0.4 is 10.9 Å². The van der Waals surface area contributed by atoms with Crippen molar-refractivity contribution in [2.24, 2.45) is 0 Å². The average molecular weight is 313 g/mol. The van der Waals surface area contributed by atoms with Crippen LogP contribution >= 0.6 is 11.6 Å². The van der Waals surface area contributed by atoms with Crippen molar-refractivity contribution in [3.63, 3.8) is 0 Å². The van der Waals surface area contributed by atoms with E-state index in [0.29, 0.717) is 16.6 Å². The molecular formula is C14H15ClF2N4. The van der Waals surface area contributed by atoms with E-state index in [-0.39, 0.29) is 5.56 Å². The van der Waals surface area contributed by atoms with Crippen LogP contribution in [0.15, 0.2) is 30.6 Å². The molecule has 0 bridgehead atoms.